The molecule has 1 aromatic carbocycles. The number of pyridine rings is 1. The van der Waals surface area contributed by atoms with Gasteiger partial charge >= 0.3 is 0 Å². The van der Waals surface area contributed by atoms with E-state index in [1.54, 1.807) is 0 Å². The highest BCUT2D eigenvalue weighted by Crippen LogP contribution is 2.24. The lowest BCUT2D eigenvalue weighted by Gasteiger charge is -2.18. The van der Waals surface area contributed by atoms with Gasteiger partial charge in [-0.25, -0.2) is 0 Å². The van der Waals surface area contributed by atoms with Crippen LogP contribution in [0.25, 0.3) is 10.9 Å². The third-order valence-electron chi connectivity index (χ3n) is 4.05. The van der Waals surface area contributed by atoms with Crippen molar-refractivity contribution in [3.8, 4) is 0 Å². The van der Waals surface area contributed by atoms with Crippen LogP contribution in [0, 0.1) is 0 Å². The highest BCUT2D eigenvalue weighted by molar-refractivity contribution is 6.31. The third-order valence-corrected chi connectivity index (χ3v) is 4.28. The van der Waals surface area contributed by atoms with Crippen molar-refractivity contribution in [3.63, 3.8) is 0 Å². The molecule has 5 heteroatoms. The Balaban J connectivity index is 1.71. The molecule has 0 saturated carbocycles. The monoisotopic (exact) mass is 334 g/mol. The Morgan fingerprint density at radius 1 is 1.09 bits per heavy atom. The summed E-state index contributed by atoms with van der Waals surface area (Å²) in [6, 6.07) is 7.85. The summed E-state index contributed by atoms with van der Waals surface area (Å²) >= 11 is 6.02. The van der Waals surface area contributed by atoms with Gasteiger partial charge in [0.15, 0.2) is 0 Å². The van der Waals surface area contributed by atoms with Crippen LogP contribution in [0.1, 0.15) is 20.3 Å². The maximum atomic E-state index is 6.02. The van der Waals surface area contributed by atoms with Gasteiger partial charge in [0.1, 0.15) is 0 Å². The summed E-state index contributed by atoms with van der Waals surface area (Å²) in [5.41, 5.74) is 2.05. The van der Waals surface area contributed by atoms with Gasteiger partial charge in [-0.05, 0) is 50.3 Å². The van der Waals surface area contributed by atoms with Crippen LogP contribution < -0.4 is 10.6 Å². The Morgan fingerprint density at radius 3 is 2.70 bits per heavy atom. The summed E-state index contributed by atoms with van der Waals surface area (Å²) in [5.74, 6) is 0. The molecule has 1 heterocycles. The topological polar surface area (TPSA) is 40.2 Å². The van der Waals surface area contributed by atoms with E-state index in [4.69, 9.17) is 11.6 Å². The second-order valence-electron chi connectivity index (χ2n) is 5.58. The van der Waals surface area contributed by atoms with Crippen LogP contribution in [0.5, 0.6) is 0 Å². The van der Waals surface area contributed by atoms with Crippen LogP contribution in [0.2, 0.25) is 5.02 Å². The molecule has 23 heavy (non-hydrogen) atoms. The maximum absolute atomic E-state index is 6.02. The van der Waals surface area contributed by atoms with Gasteiger partial charge in [-0.1, -0.05) is 25.4 Å². The Bertz CT molecular complexity index is 599. The molecular weight excluding hydrogens is 308 g/mol. The lowest BCUT2D eigenvalue weighted by molar-refractivity contribution is 0.302. The normalized spacial score (nSPS) is 11.3. The predicted molar refractivity (Wildman–Crippen MR) is 101 cm³/mol. The van der Waals surface area contributed by atoms with E-state index >= 15 is 0 Å². The van der Waals surface area contributed by atoms with Gasteiger partial charge in [0, 0.05) is 41.9 Å². The highest BCUT2D eigenvalue weighted by atomic mass is 35.5. The molecule has 2 N–H and O–H groups in total. The number of rotatable bonds is 10. The fourth-order valence-electron chi connectivity index (χ4n) is 2.61. The average molecular weight is 335 g/mol. The van der Waals surface area contributed by atoms with Crippen molar-refractivity contribution in [3.05, 3.63) is 35.5 Å². The number of nitrogens with zero attached hydrogens (tertiary/aromatic N) is 2. The van der Waals surface area contributed by atoms with E-state index in [1.807, 2.05) is 30.5 Å². The van der Waals surface area contributed by atoms with Crippen molar-refractivity contribution in [2.45, 2.75) is 20.3 Å². The molecule has 126 valence electrons. The molecule has 2 aromatic rings. The van der Waals surface area contributed by atoms with Gasteiger partial charge in [-0.3, -0.25) is 4.98 Å². The number of benzene rings is 1. The first-order valence-electron chi connectivity index (χ1n) is 8.45. The molecule has 0 fully saturated rings. The van der Waals surface area contributed by atoms with Gasteiger partial charge in [-0.2, -0.15) is 0 Å². The molecule has 0 spiro atoms. The number of nitrogens with one attached hydrogen (secondary N) is 2. The second kappa shape index (κ2) is 9.71. The summed E-state index contributed by atoms with van der Waals surface area (Å²) in [6.45, 7) is 10.8. The minimum atomic E-state index is 0.722. The summed E-state index contributed by atoms with van der Waals surface area (Å²) in [7, 11) is 0. The fraction of sp³-hybridized carbons (Fsp3) is 0.500. The number of fused-ring (bicyclic) bond motifs is 1. The molecule has 0 saturated heterocycles. The lowest BCUT2D eigenvalue weighted by Crippen LogP contribution is -2.32. The summed E-state index contributed by atoms with van der Waals surface area (Å²) in [5, 5.41) is 8.84. The van der Waals surface area contributed by atoms with Crippen molar-refractivity contribution in [1.82, 2.24) is 15.2 Å². The number of hydrogen-bond donors (Lipinski definition) is 2. The van der Waals surface area contributed by atoms with Gasteiger partial charge in [0.25, 0.3) is 0 Å². The molecule has 0 atom stereocenters. The zero-order valence-corrected chi connectivity index (χ0v) is 14.9. The Kier molecular flexibility index (Phi) is 7.59. The van der Waals surface area contributed by atoms with E-state index in [2.05, 4.69) is 34.4 Å². The molecule has 0 radical (unpaired) electrons. The van der Waals surface area contributed by atoms with Crippen molar-refractivity contribution in [2.24, 2.45) is 0 Å². The zero-order chi connectivity index (χ0) is 16.5. The first-order chi connectivity index (χ1) is 11.2. The van der Waals surface area contributed by atoms with E-state index in [1.165, 1.54) is 0 Å². The van der Waals surface area contributed by atoms with Crippen LogP contribution in [-0.2, 0) is 0 Å². The van der Waals surface area contributed by atoms with Crippen LogP contribution in [0.15, 0.2) is 30.5 Å². The summed E-state index contributed by atoms with van der Waals surface area (Å²) < 4.78 is 0. The first kappa shape index (κ1) is 18.0. The van der Waals surface area contributed by atoms with Crippen molar-refractivity contribution < 1.29 is 0 Å². The number of aromatic nitrogens is 1. The number of anilines is 1. The summed E-state index contributed by atoms with van der Waals surface area (Å²) in [4.78, 5) is 6.79. The largest absolute Gasteiger partial charge is 0.384 e. The fourth-order valence-corrected chi connectivity index (χ4v) is 2.78. The molecule has 0 aliphatic rings. The number of hydrogen-bond acceptors (Lipinski definition) is 4. The van der Waals surface area contributed by atoms with Gasteiger partial charge in [-0.15, -0.1) is 0 Å². The molecule has 0 aliphatic heterocycles. The standard InChI is InChI=1S/C18H27ClN4/c1-3-23(4-2)13-12-20-9-5-10-21-17-8-11-22-18-14-15(19)6-7-16(17)18/h6-8,11,14,20H,3-5,9-10,12-13H2,1-2H3,(H,21,22). The van der Waals surface area contributed by atoms with E-state index < -0.39 is 0 Å². The smallest absolute Gasteiger partial charge is 0.0737 e. The zero-order valence-electron chi connectivity index (χ0n) is 14.1. The molecule has 0 aliphatic carbocycles. The minimum Gasteiger partial charge on any atom is -0.384 e. The summed E-state index contributed by atoms with van der Waals surface area (Å²) in [6.07, 6.45) is 2.92. The SMILES string of the molecule is CCN(CC)CCNCCCNc1ccnc2cc(Cl)ccc12. The van der Waals surface area contributed by atoms with Crippen LogP contribution in [0.3, 0.4) is 0 Å². The number of likely N-dealkylation sites (N-methyl/N-ethyl adjacent to an activating group) is 1. The average Bonchev–Trinajstić information content (AvgIpc) is 2.57. The molecule has 2 rings (SSSR count). The van der Waals surface area contributed by atoms with Gasteiger partial charge in [0.2, 0.25) is 0 Å². The predicted octanol–water partition coefficient (Wildman–Crippen LogP) is 3.62. The quantitative estimate of drug-likeness (QED) is 0.651. The van der Waals surface area contributed by atoms with E-state index in [9.17, 15) is 0 Å². The lowest BCUT2D eigenvalue weighted by atomic mass is 10.2. The Labute approximate surface area is 144 Å². The van der Waals surface area contributed by atoms with Crippen molar-refractivity contribution in [2.75, 3.05) is 44.6 Å². The maximum Gasteiger partial charge on any atom is 0.0737 e. The molecule has 1 aromatic heterocycles. The molecular formula is C18H27ClN4. The molecule has 0 bridgehead atoms. The van der Waals surface area contributed by atoms with Crippen LogP contribution >= 0.6 is 11.6 Å². The highest BCUT2D eigenvalue weighted by Gasteiger charge is 2.02. The van der Waals surface area contributed by atoms with Gasteiger partial charge < -0.3 is 15.5 Å². The minimum absolute atomic E-state index is 0.722. The first-order valence-corrected chi connectivity index (χ1v) is 8.83. The Morgan fingerprint density at radius 2 is 1.91 bits per heavy atom. The second-order valence-corrected chi connectivity index (χ2v) is 6.01. The molecule has 0 amide bonds. The molecule has 4 nitrogen and oxygen atoms in total. The van der Waals surface area contributed by atoms with Crippen molar-refractivity contribution >= 4 is 28.2 Å². The van der Waals surface area contributed by atoms with Crippen molar-refractivity contribution in [1.29, 1.82) is 0 Å². The van der Waals surface area contributed by atoms with Crippen LogP contribution in [-0.4, -0.2) is 49.2 Å². The third kappa shape index (κ3) is 5.65. The van der Waals surface area contributed by atoms with E-state index in [0.717, 1.165) is 67.3 Å². The Hall–Kier alpha value is -1.36. The molecule has 0 unspecified atom stereocenters. The van der Waals surface area contributed by atoms with E-state index in [-0.39, 0.29) is 0 Å². The van der Waals surface area contributed by atoms with Crippen LogP contribution in [0.4, 0.5) is 5.69 Å². The van der Waals surface area contributed by atoms with E-state index in [0.29, 0.717) is 0 Å². The number of halogens is 1. The van der Waals surface area contributed by atoms with Gasteiger partial charge in [0.05, 0.1) is 5.52 Å².